The second kappa shape index (κ2) is 6.35. The van der Waals surface area contributed by atoms with Crippen molar-refractivity contribution in [3.8, 4) is 5.75 Å². The molecule has 0 fully saturated rings. The lowest BCUT2D eigenvalue weighted by Crippen LogP contribution is -2.34. The van der Waals surface area contributed by atoms with Crippen molar-refractivity contribution in [3.63, 3.8) is 0 Å². The third-order valence-corrected chi connectivity index (χ3v) is 3.03. The SMILES string of the molecule is CC(Cc1ccc(F)cc1)NC(=O)c1ccc(O)cc1F. The molecule has 0 aromatic heterocycles. The fourth-order valence-corrected chi connectivity index (χ4v) is 2.01. The topological polar surface area (TPSA) is 49.3 Å². The van der Waals surface area contributed by atoms with Crippen LogP contribution in [0.15, 0.2) is 42.5 Å². The number of rotatable bonds is 4. The highest BCUT2D eigenvalue weighted by Gasteiger charge is 2.14. The molecule has 2 aromatic rings. The van der Waals surface area contributed by atoms with Crippen LogP contribution in [0.1, 0.15) is 22.8 Å². The van der Waals surface area contributed by atoms with E-state index in [1.165, 1.54) is 24.3 Å². The van der Waals surface area contributed by atoms with Gasteiger partial charge in [-0.1, -0.05) is 12.1 Å². The van der Waals surface area contributed by atoms with Gasteiger partial charge in [-0.2, -0.15) is 0 Å². The molecule has 21 heavy (non-hydrogen) atoms. The van der Waals surface area contributed by atoms with Gasteiger partial charge < -0.3 is 10.4 Å². The summed E-state index contributed by atoms with van der Waals surface area (Å²) >= 11 is 0. The molecule has 3 nitrogen and oxygen atoms in total. The zero-order chi connectivity index (χ0) is 15.4. The summed E-state index contributed by atoms with van der Waals surface area (Å²) in [6, 6.07) is 9.11. The van der Waals surface area contributed by atoms with Crippen LogP contribution < -0.4 is 5.32 Å². The van der Waals surface area contributed by atoms with E-state index in [0.717, 1.165) is 11.6 Å². The van der Waals surface area contributed by atoms with Gasteiger partial charge in [-0.3, -0.25) is 4.79 Å². The second-order valence-corrected chi connectivity index (χ2v) is 4.87. The number of phenols is 1. The zero-order valence-electron chi connectivity index (χ0n) is 11.4. The molecule has 0 spiro atoms. The molecule has 2 N–H and O–H groups in total. The molecule has 0 heterocycles. The van der Waals surface area contributed by atoms with Gasteiger partial charge in [0.1, 0.15) is 17.4 Å². The standard InChI is InChI=1S/C16H15F2NO2/c1-10(8-11-2-4-12(17)5-3-11)19-16(21)14-7-6-13(20)9-15(14)18/h2-7,9-10,20H,8H2,1H3,(H,19,21). The van der Waals surface area contributed by atoms with E-state index in [0.29, 0.717) is 6.42 Å². The van der Waals surface area contributed by atoms with E-state index in [1.54, 1.807) is 19.1 Å². The minimum Gasteiger partial charge on any atom is -0.508 e. The summed E-state index contributed by atoms with van der Waals surface area (Å²) in [4.78, 5) is 11.9. The van der Waals surface area contributed by atoms with Crippen LogP contribution in [0.25, 0.3) is 0 Å². The number of amides is 1. The van der Waals surface area contributed by atoms with Crippen molar-refractivity contribution in [2.24, 2.45) is 0 Å². The first-order chi connectivity index (χ1) is 9.95. The van der Waals surface area contributed by atoms with E-state index in [2.05, 4.69) is 5.32 Å². The molecule has 0 aliphatic heterocycles. The molecule has 0 radical (unpaired) electrons. The molecule has 2 aromatic carbocycles. The highest BCUT2D eigenvalue weighted by atomic mass is 19.1. The van der Waals surface area contributed by atoms with Crippen molar-refractivity contribution in [2.45, 2.75) is 19.4 Å². The summed E-state index contributed by atoms with van der Waals surface area (Å²) in [7, 11) is 0. The monoisotopic (exact) mass is 291 g/mol. The average molecular weight is 291 g/mol. The molecule has 5 heteroatoms. The highest BCUT2D eigenvalue weighted by molar-refractivity contribution is 5.94. The predicted octanol–water partition coefficient (Wildman–Crippen LogP) is 3.03. The van der Waals surface area contributed by atoms with E-state index in [-0.39, 0.29) is 23.2 Å². The number of carbonyl (C=O) groups is 1. The van der Waals surface area contributed by atoms with Crippen LogP contribution >= 0.6 is 0 Å². The van der Waals surface area contributed by atoms with Crippen molar-refractivity contribution < 1.29 is 18.7 Å². The predicted molar refractivity (Wildman–Crippen MR) is 75.1 cm³/mol. The Kier molecular flexibility index (Phi) is 4.52. The van der Waals surface area contributed by atoms with Crippen molar-refractivity contribution in [3.05, 3.63) is 65.2 Å². The molecular formula is C16H15F2NO2. The Morgan fingerprint density at radius 1 is 1.19 bits per heavy atom. The molecule has 1 unspecified atom stereocenters. The molecule has 2 rings (SSSR count). The number of aromatic hydroxyl groups is 1. The molecule has 1 amide bonds. The smallest absolute Gasteiger partial charge is 0.254 e. The van der Waals surface area contributed by atoms with Crippen LogP contribution in [0.4, 0.5) is 8.78 Å². The van der Waals surface area contributed by atoms with Gasteiger partial charge in [0, 0.05) is 12.1 Å². The molecule has 0 saturated carbocycles. The molecule has 110 valence electrons. The summed E-state index contributed by atoms with van der Waals surface area (Å²) in [6.45, 7) is 1.78. The fraction of sp³-hybridized carbons (Fsp3) is 0.188. The lowest BCUT2D eigenvalue weighted by Gasteiger charge is -2.14. The van der Waals surface area contributed by atoms with Crippen LogP contribution in [0.2, 0.25) is 0 Å². The summed E-state index contributed by atoms with van der Waals surface area (Å²) in [5, 5.41) is 11.8. The fourth-order valence-electron chi connectivity index (χ4n) is 2.01. The van der Waals surface area contributed by atoms with E-state index in [9.17, 15) is 13.6 Å². The summed E-state index contributed by atoms with van der Waals surface area (Å²) < 4.78 is 26.4. The van der Waals surface area contributed by atoms with Crippen LogP contribution in [-0.2, 0) is 6.42 Å². The first-order valence-corrected chi connectivity index (χ1v) is 6.49. The van der Waals surface area contributed by atoms with Gasteiger partial charge in [-0.05, 0) is 43.2 Å². The van der Waals surface area contributed by atoms with Gasteiger partial charge in [0.15, 0.2) is 0 Å². The van der Waals surface area contributed by atoms with E-state index in [1.807, 2.05) is 0 Å². The van der Waals surface area contributed by atoms with Crippen molar-refractivity contribution in [1.82, 2.24) is 5.32 Å². The minimum absolute atomic E-state index is 0.126. The third kappa shape index (κ3) is 4.02. The number of hydrogen-bond acceptors (Lipinski definition) is 2. The van der Waals surface area contributed by atoms with Crippen molar-refractivity contribution in [1.29, 1.82) is 0 Å². The third-order valence-electron chi connectivity index (χ3n) is 3.03. The molecule has 0 saturated heterocycles. The normalized spacial score (nSPS) is 12.0. The first kappa shape index (κ1) is 15.0. The Balaban J connectivity index is 2.00. The van der Waals surface area contributed by atoms with Crippen LogP contribution in [0.5, 0.6) is 5.75 Å². The van der Waals surface area contributed by atoms with E-state index in [4.69, 9.17) is 5.11 Å². The number of carbonyl (C=O) groups excluding carboxylic acids is 1. The average Bonchev–Trinajstić information content (AvgIpc) is 2.41. The Morgan fingerprint density at radius 2 is 1.86 bits per heavy atom. The Morgan fingerprint density at radius 3 is 2.48 bits per heavy atom. The maximum atomic E-state index is 13.6. The molecule has 1 atom stereocenters. The summed E-state index contributed by atoms with van der Waals surface area (Å²) in [5.41, 5.74) is 0.745. The maximum Gasteiger partial charge on any atom is 0.254 e. The van der Waals surface area contributed by atoms with Crippen LogP contribution in [0, 0.1) is 11.6 Å². The number of phenolic OH excluding ortho intramolecular Hbond substituents is 1. The highest BCUT2D eigenvalue weighted by Crippen LogP contribution is 2.15. The van der Waals surface area contributed by atoms with Crippen LogP contribution in [-0.4, -0.2) is 17.1 Å². The zero-order valence-corrected chi connectivity index (χ0v) is 11.4. The Labute approximate surface area is 121 Å². The van der Waals surface area contributed by atoms with E-state index >= 15 is 0 Å². The van der Waals surface area contributed by atoms with Crippen LogP contribution in [0.3, 0.4) is 0 Å². The first-order valence-electron chi connectivity index (χ1n) is 6.49. The lowest BCUT2D eigenvalue weighted by molar-refractivity contribution is 0.0936. The Bertz CT molecular complexity index is 641. The Hall–Kier alpha value is -2.43. The summed E-state index contributed by atoms with van der Waals surface area (Å²) in [5.74, 6) is -1.88. The molecule has 0 bridgehead atoms. The number of hydrogen-bond donors (Lipinski definition) is 2. The molecule has 0 aliphatic carbocycles. The second-order valence-electron chi connectivity index (χ2n) is 4.87. The number of benzene rings is 2. The van der Waals surface area contributed by atoms with Crippen molar-refractivity contribution >= 4 is 5.91 Å². The van der Waals surface area contributed by atoms with Gasteiger partial charge in [-0.15, -0.1) is 0 Å². The van der Waals surface area contributed by atoms with Gasteiger partial charge in [0.2, 0.25) is 0 Å². The maximum absolute atomic E-state index is 13.6. The van der Waals surface area contributed by atoms with Gasteiger partial charge in [-0.25, -0.2) is 8.78 Å². The lowest BCUT2D eigenvalue weighted by atomic mass is 10.1. The molecular weight excluding hydrogens is 276 g/mol. The summed E-state index contributed by atoms with van der Waals surface area (Å²) in [6.07, 6.45) is 0.506. The number of halogens is 2. The van der Waals surface area contributed by atoms with Gasteiger partial charge >= 0.3 is 0 Å². The van der Waals surface area contributed by atoms with E-state index < -0.39 is 11.7 Å². The number of nitrogens with one attached hydrogen (secondary N) is 1. The van der Waals surface area contributed by atoms with Crippen molar-refractivity contribution in [2.75, 3.05) is 0 Å². The molecule has 0 aliphatic rings. The largest absolute Gasteiger partial charge is 0.508 e. The van der Waals surface area contributed by atoms with Gasteiger partial charge in [0.05, 0.1) is 5.56 Å². The quantitative estimate of drug-likeness (QED) is 0.909. The minimum atomic E-state index is -0.776. The van der Waals surface area contributed by atoms with Gasteiger partial charge in [0.25, 0.3) is 5.91 Å².